The van der Waals surface area contributed by atoms with Crippen LogP contribution in [0.2, 0.25) is 0 Å². The van der Waals surface area contributed by atoms with Gasteiger partial charge in [0.1, 0.15) is 30.5 Å². The number of allylic oxidation sites excluding steroid dienone is 2. The lowest BCUT2D eigenvalue weighted by Crippen LogP contribution is -2.59. The zero-order chi connectivity index (χ0) is 35.1. The number of nitrogens with one attached hydrogen (secondary N) is 1. The Balaban J connectivity index is 1.31. The molecule has 1 amide bonds. The Morgan fingerprint density at radius 3 is 2.33 bits per heavy atom. The van der Waals surface area contributed by atoms with Crippen molar-refractivity contribution in [1.82, 2.24) is 5.32 Å². The van der Waals surface area contributed by atoms with E-state index in [1.807, 2.05) is 20.8 Å². The first-order valence-electron chi connectivity index (χ1n) is 18.3. The van der Waals surface area contributed by atoms with Crippen LogP contribution >= 0.6 is 0 Å². The van der Waals surface area contributed by atoms with Crippen molar-refractivity contribution in [3.05, 3.63) is 11.6 Å². The molecule has 5 unspecified atom stereocenters. The molecule has 1 N–H and O–H groups in total. The Bertz CT molecular complexity index is 1290. The van der Waals surface area contributed by atoms with Gasteiger partial charge in [0.05, 0.1) is 24.5 Å². The predicted molar refractivity (Wildman–Crippen MR) is 175 cm³/mol. The fourth-order valence-electron chi connectivity index (χ4n) is 10.4. The second-order valence-electron chi connectivity index (χ2n) is 15.2. The number of carbonyl (C=O) groups is 4. The quantitative estimate of drug-likeness (QED) is 0.392. The van der Waals surface area contributed by atoms with Crippen LogP contribution in [-0.4, -0.2) is 100 Å². The van der Waals surface area contributed by atoms with Crippen molar-refractivity contribution in [1.29, 1.82) is 0 Å². The maximum Gasteiger partial charge on any atom is 0.306 e. The van der Waals surface area contributed by atoms with Crippen molar-refractivity contribution in [3.63, 3.8) is 0 Å². The van der Waals surface area contributed by atoms with Crippen molar-refractivity contribution in [2.24, 2.45) is 41.4 Å². The summed E-state index contributed by atoms with van der Waals surface area (Å²) in [5.41, 5.74) is 0.616. The Morgan fingerprint density at radius 2 is 1.65 bits per heavy atom. The average molecular weight is 690 g/mol. The molecule has 6 aliphatic rings. The molecule has 12 heteroatoms. The van der Waals surface area contributed by atoms with Crippen LogP contribution in [0.1, 0.15) is 79.1 Å². The van der Waals surface area contributed by atoms with Crippen molar-refractivity contribution in [3.8, 4) is 0 Å². The van der Waals surface area contributed by atoms with Gasteiger partial charge < -0.3 is 38.5 Å². The third kappa shape index (κ3) is 6.97. The molecule has 0 bridgehead atoms. The maximum absolute atomic E-state index is 14.4. The van der Waals surface area contributed by atoms with Gasteiger partial charge in [-0.3, -0.25) is 19.2 Å². The number of ketones is 1. The van der Waals surface area contributed by atoms with E-state index in [2.05, 4.69) is 11.4 Å². The van der Waals surface area contributed by atoms with E-state index in [0.29, 0.717) is 44.1 Å². The van der Waals surface area contributed by atoms with Gasteiger partial charge in [-0.25, -0.2) is 0 Å². The zero-order valence-electron chi connectivity index (χ0n) is 30.0. The third-order valence-corrected chi connectivity index (χ3v) is 12.6. The lowest BCUT2D eigenvalue weighted by molar-refractivity contribution is -0.314. The van der Waals surface area contributed by atoms with Gasteiger partial charge in [0.15, 0.2) is 12.1 Å². The normalized spacial score (nSPS) is 45.4. The summed E-state index contributed by atoms with van der Waals surface area (Å²) in [7, 11) is 4.87. The van der Waals surface area contributed by atoms with Gasteiger partial charge in [0.2, 0.25) is 5.91 Å². The first kappa shape index (κ1) is 36.4. The number of Topliss-reactive ketones (excluding diaryl/α,β-unsaturated/α-hetero) is 1. The van der Waals surface area contributed by atoms with E-state index in [1.165, 1.54) is 6.92 Å². The van der Waals surface area contributed by atoms with Crippen LogP contribution in [0.4, 0.5) is 0 Å². The summed E-state index contributed by atoms with van der Waals surface area (Å²) in [6.45, 7) is 7.14. The summed E-state index contributed by atoms with van der Waals surface area (Å²) in [5, 5.41) is 3.29. The van der Waals surface area contributed by atoms with Crippen molar-refractivity contribution in [2.45, 2.75) is 134 Å². The predicted octanol–water partition coefficient (Wildman–Crippen LogP) is 3.53. The molecule has 2 saturated carbocycles. The van der Waals surface area contributed by atoms with Gasteiger partial charge in [0.25, 0.3) is 0 Å². The maximum atomic E-state index is 14.4. The van der Waals surface area contributed by atoms with E-state index >= 15 is 0 Å². The van der Waals surface area contributed by atoms with Gasteiger partial charge in [-0.1, -0.05) is 19.9 Å². The number of ether oxygens (including phenoxy) is 7. The minimum atomic E-state index is -0.676. The van der Waals surface area contributed by atoms with Crippen LogP contribution in [0.15, 0.2) is 11.6 Å². The topological polar surface area (TPSA) is 145 Å². The zero-order valence-corrected chi connectivity index (χ0v) is 30.0. The number of methoxy groups -OCH3 is 3. The molecule has 6 rings (SSSR count). The number of carbonyl (C=O) groups excluding carboxylic acids is 4. The highest BCUT2D eigenvalue weighted by molar-refractivity contribution is 5.99. The van der Waals surface area contributed by atoms with Gasteiger partial charge in [-0.05, 0) is 80.6 Å². The van der Waals surface area contributed by atoms with Crippen molar-refractivity contribution >= 4 is 23.6 Å². The van der Waals surface area contributed by atoms with Crippen LogP contribution in [0.25, 0.3) is 0 Å². The Hall–Kier alpha value is -2.38. The highest BCUT2D eigenvalue weighted by Gasteiger charge is 2.61. The number of hydrogen-bond acceptors (Lipinski definition) is 11. The van der Waals surface area contributed by atoms with Crippen LogP contribution in [-0.2, 0) is 52.3 Å². The molecule has 3 aliphatic heterocycles. The molecule has 16 atom stereocenters. The molecular formula is C37H55NO11. The standard InChI is InChI=1S/C37H55NO11/c1-8-20-10-9-11-28(47-19(4)39)17(2)33(42)26-14-23-22-12-21(49-37-36(45-7)35(44-6)34(43-5)18(3)46-37)13-25(22)32-27(15-29(40)38-32)31(23)24(26)16-30(41)48-20/h14,17-18,20-25,27-28,31-32,34-37H,8-13,15-16H2,1-7H3,(H,38,40)/t17-,18?,20+,21+,22+,23+,24-,25-,27?,28+,31-,32?,34+,35?,36?,37+/m1/s1. The molecule has 3 heterocycles. The second kappa shape index (κ2) is 15.1. The summed E-state index contributed by atoms with van der Waals surface area (Å²) in [6.07, 6.45) is 3.30. The van der Waals surface area contributed by atoms with Gasteiger partial charge in [0, 0.05) is 46.6 Å². The van der Waals surface area contributed by atoms with Crippen LogP contribution < -0.4 is 5.32 Å². The monoisotopic (exact) mass is 689 g/mol. The minimum absolute atomic E-state index is 0.000965. The fraction of sp³-hybridized carbons (Fsp3) is 0.838. The number of fused-ring (bicyclic) bond motifs is 8. The smallest absolute Gasteiger partial charge is 0.306 e. The van der Waals surface area contributed by atoms with Gasteiger partial charge in [-0.15, -0.1) is 0 Å². The van der Waals surface area contributed by atoms with Crippen LogP contribution in [0.3, 0.4) is 0 Å². The molecule has 274 valence electrons. The van der Waals surface area contributed by atoms with E-state index in [0.717, 1.165) is 6.42 Å². The lowest BCUT2D eigenvalue weighted by atomic mass is 9.59. The first-order chi connectivity index (χ1) is 23.5. The average Bonchev–Trinajstić information content (AvgIpc) is 3.76. The number of cyclic esters (lactones) is 1. The summed E-state index contributed by atoms with van der Waals surface area (Å²) in [5.74, 6) is -1.67. The molecule has 12 nitrogen and oxygen atoms in total. The summed E-state index contributed by atoms with van der Waals surface area (Å²) >= 11 is 0. The molecule has 5 fully saturated rings. The van der Waals surface area contributed by atoms with E-state index in [1.54, 1.807) is 21.3 Å². The molecule has 0 spiro atoms. The summed E-state index contributed by atoms with van der Waals surface area (Å²) in [4.78, 5) is 53.2. The third-order valence-electron chi connectivity index (χ3n) is 12.6. The Kier molecular flexibility index (Phi) is 11.2. The molecular weight excluding hydrogens is 634 g/mol. The molecule has 3 aliphatic carbocycles. The van der Waals surface area contributed by atoms with Gasteiger partial charge >= 0.3 is 11.9 Å². The van der Waals surface area contributed by atoms with E-state index in [4.69, 9.17) is 33.2 Å². The van der Waals surface area contributed by atoms with E-state index < -0.39 is 36.3 Å². The SMILES string of the molecule is CC[C@H]1CCC[C@H](OC(C)=O)[C@@H](C)C(=O)C2=C[C@H]3[C@@H]4C[C@H](O[C@@H]5OC(C)[C@H](OC)C(OC)C5OC)C[C@H]4C4NC(=O)CC4[C@H]3[C@@H]2CC(=O)O1. The van der Waals surface area contributed by atoms with E-state index in [9.17, 15) is 19.2 Å². The Morgan fingerprint density at radius 1 is 0.939 bits per heavy atom. The molecule has 3 saturated heterocycles. The minimum Gasteiger partial charge on any atom is -0.462 e. The van der Waals surface area contributed by atoms with E-state index in [-0.39, 0.29) is 90.2 Å². The van der Waals surface area contributed by atoms with Gasteiger partial charge in [-0.2, -0.15) is 0 Å². The number of esters is 2. The van der Waals surface area contributed by atoms with Crippen LogP contribution in [0, 0.1) is 41.4 Å². The lowest BCUT2D eigenvalue weighted by Gasteiger charge is -2.46. The fourth-order valence-corrected chi connectivity index (χ4v) is 10.4. The number of amides is 1. The van der Waals surface area contributed by atoms with Crippen molar-refractivity contribution < 1.29 is 52.3 Å². The molecule has 0 aromatic heterocycles. The molecule has 0 radical (unpaired) electrons. The summed E-state index contributed by atoms with van der Waals surface area (Å²) in [6, 6.07) is -0.0868. The number of hydrogen-bond donors (Lipinski definition) is 1. The first-order valence-corrected chi connectivity index (χ1v) is 18.3. The Labute approximate surface area is 289 Å². The molecule has 0 aromatic carbocycles. The largest absolute Gasteiger partial charge is 0.462 e. The van der Waals surface area contributed by atoms with Crippen LogP contribution in [0.5, 0.6) is 0 Å². The highest BCUT2D eigenvalue weighted by atomic mass is 16.7. The second-order valence-corrected chi connectivity index (χ2v) is 15.2. The molecule has 0 aromatic rings. The number of rotatable bonds is 7. The summed E-state index contributed by atoms with van der Waals surface area (Å²) < 4.78 is 42.0. The van der Waals surface area contributed by atoms with Crippen molar-refractivity contribution in [2.75, 3.05) is 21.3 Å². The molecule has 49 heavy (non-hydrogen) atoms. The highest BCUT2D eigenvalue weighted by Crippen LogP contribution is 2.60.